The number of hydrogen-bond donors (Lipinski definition) is 0. The second kappa shape index (κ2) is 10.4. The Hall–Kier alpha value is -2.24. The number of rotatable bonds is 9. The summed E-state index contributed by atoms with van der Waals surface area (Å²) < 4.78 is 17.8. The predicted octanol–water partition coefficient (Wildman–Crippen LogP) is 4.77. The molecule has 2 aliphatic heterocycles. The fourth-order valence-corrected chi connectivity index (χ4v) is 4.64. The van der Waals surface area contributed by atoms with E-state index in [0.29, 0.717) is 18.6 Å². The molecule has 5 heteroatoms. The molecule has 2 aromatic carbocycles. The zero-order valence-electron chi connectivity index (χ0n) is 19.1. The third-order valence-electron chi connectivity index (χ3n) is 6.25. The van der Waals surface area contributed by atoms with Gasteiger partial charge in [0.05, 0.1) is 31.5 Å². The minimum atomic E-state index is 0.139. The van der Waals surface area contributed by atoms with Crippen molar-refractivity contribution in [3.05, 3.63) is 54.1 Å². The smallest absolute Gasteiger partial charge is 0.142 e. The molecule has 0 N–H and O–H groups in total. The predicted molar refractivity (Wildman–Crippen MR) is 125 cm³/mol. The van der Waals surface area contributed by atoms with Gasteiger partial charge in [0, 0.05) is 13.2 Å². The van der Waals surface area contributed by atoms with Crippen LogP contribution in [0.1, 0.15) is 38.3 Å². The van der Waals surface area contributed by atoms with Gasteiger partial charge < -0.3 is 19.1 Å². The maximum absolute atomic E-state index is 6.19. The maximum atomic E-state index is 6.19. The van der Waals surface area contributed by atoms with Gasteiger partial charge in [-0.2, -0.15) is 0 Å². The molecule has 31 heavy (non-hydrogen) atoms. The Balaban J connectivity index is 1.62. The molecule has 2 unspecified atom stereocenters. The first-order valence-corrected chi connectivity index (χ1v) is 11.6. The van der Waals surface area contributed by atoms with Gasteiger partial charge in [0.2, 0.25) is 0 Å². The van der Waals surface area contributed by atoms with E-state index in [1.807, 2.05) is 12.1 Å². The Morgan fingerprint density at radius 2 is 1.84 bits per heavy atom. The normalized spacial score (nSPS) is 19.9. The standard InChI is InChI=1S/C26H36N2O3/c1-20(2)17-30-18-22(27-13-6-7-14-27)16-28-24-11-4-5-12-26(24)31-19-25(28)21-9-8-10-23(15-21)29-3/h4-5,8-12,15,20,22,25H,6-7,13-14,16-19H2,1-3H3. The maximum Gasteiger partial charge on any atom is 0.142 e. The van der Waals surface area contributed by atoms with E-state index in [0.717, 1.165) is 50.0 Å². The van der Waals surface area contributed by atoms with Crippen molar-refractivity contribution in [3.8, 4) is 11.5 Å². The van der Waals surface area contributed by atoms with Crippen molar-refractivity contribution in [2.45, 2.75) is 38.8 Å². The van der Waals surface area contributed by atoms with Gasteiger partial charge in [-0.1, -0.05) is 38.1 Å². The summed E-state index contributed by atoms with van der Waals surface area (Å²) in [6.07, 6.45) is 2.55. The number of methoxy groups -OCH3 is 1. The Morgan fingerprint density at radius 3 is 2.61 bits per heavy atom. The van der Waals surface area contributed by atoms with Crippen molar-refractivity contribution in [2.75, 3.05) is 51.5 Å². The molecule has 0 spiro atoms. The van der Waals surface area contributed by atoms with Gasteiger partial charge in [-0.25, -0.2) is 0 Å². The Labute approximate surface area is 186 Å². The summed E-state index contributed by atoms with van der Waals surface area (Å²) in [6.45, 7) is 9.86. The van der Waals surface area contributed by atoms with Crippen molar-refractivity contribution in [1.29, 1.82) is 0 Å². The average Bonchev–Trinajstić information content (AvgIpc) is 3.33. The summed E-state index contributed by atoms with van der Waals surface area (Å²) in [5.41, 5.74) is 2.38. The molecule has 2 heterocycles. The van der Waals surface area contributed by atoms with E-state index in [-0.39, 0.29) is 6.04 Å². The summed E-state index contributed by atoms with van der Waals surface area (Å²) in [7, 11) is 1.72. The number of ether oxygens (including phenoxy) is 3. The minimum Gasteiger partial charge on any atom is -0.497 e. The molecule has 0 aliphatic carbocycles. The van der Waals surface area contributed by atoms with Gasteiger partial charge >= 0.3 is 0 Å². The minimum absolute atomic E-state index is 0.139. The zero-order chi connectivity index (χ0) is 21.6. The van der Waals surface area contributed by atoms with E-state index < -0.39 is 0 Å². The lowest BCUT2D eigenvalue weighted by Gasteiger charge is -2.42. The monoisotopic (exact) mass is 424 g/mol. The molecule has 2 aromatic rings. The lowest BCUT2D eigenvalue weighted by Crippen LogP contribution is -2.49. The average molecular weight is 425 g/mol. The van der Waals surface area contributed by atoms with Crippen LogP contribution in [0.15, 0.2) is 48.5 Å². The fourth-order valence-electron chi connectivity index (χ4n) is 4.64. The van der Waals surface area contributed by atoms with Crippen molar-refractivity contribution < 1.29 is 14.2 Å². The second-order valence-electron chi connectivity index (χ2n) is 9.05. The van der Waals surface area contributed by atoms with E-state index >= 15 is 0 Å². The highest BCUT2D eigenvalue weighted by molar-refractivity contribution is 5.62. The van der Waals surface area contributed by atoms with E-state index in [4.69, 9.17) is 14.2 Å². The first-order chi connectivity index (χ1) is 15.2. The van der Waals surface area contributed by atoms with E-state index in [1.54, 1.807) is 7.11 Å². The summed E-state index contributed by atoms with van der Waals surface area (Å²) in [6, 6.07) is 17.3. The molecule has 0 amide bonds. The molecule has 0 aromatic heterocycles. The lowest BCUT2D eigenvalue weighted by atomic mass is 10.0. The summed E-state index contributed by atoms with van der Waals surface area (Å²) in [4.78, 5) is 5.14. The van der Waals surface area contributed by atoms with E-state index in [2.05, 4.69) is 60.0 Å². The molecule has 2 atom stereocenters. The van der Waals surface area contributed by atoms with Crippen molar-refractivity contribution in [3.63, 3.8) is 0 Å². The van der Waals surface area contributed by atoms with Crippen LogP contribution >= 0.6 is 0 Å². The number of nitrogens with zero attached hydrogens (tertiary/aromatic N) is 2. The van der Waals surface area contributed by atoms with Crippen LogP contribution in [0.3, 0.4) is 0 Å². The highest BCUT2D eigenvalue weighted by atomic mass is 16.5. The third-order valence-corrected chi connectivity index (χ3v) is 6.25. The van der Waals surface area contributed by atoms with Crippen LogP contribution in [0.5, 0.6) is 11.5 Å². The molecular weight excluding hydrogens is 388 g/mol. The first-order valence-electron chi connectivity index (χ1n) is 11.6. The highest BCUT2D eigenvalue weighted by Gasteiger charge is 2.33. The van der Waals surface area contributed by atoms with Crippen LogP contribution in [0.2, 0.25) is 0 Å². The van der Waals surface area contributed by atoms with Crippen LogP contribution in [-0.4, -0.2) is 57.5 Å². The second-order valence-corrected chi connectivity index (χ2v) is 9.05. The quantitative estimate of drug-likeness (QED) is 0.579. The van der Waals surface area contributed by atoms with Gasteiger partial charge in [0.15, 0.2) is 0 Å². The van der Waals surface area contributed by atoms with Gasteiger partial charge in [-0.05, 0) is 61.7 Å². The highest BCUT2D eigenvalue weighted by Crippen LogP contribution is 2.40. The molecular formula is C26H36N2O3. The van der Waals surface area contributed by atoms with Crippen molar-refractivity contribution in [2.24, 2.45) is 5.92 Å². The number of benzene rings is 2. The number of fused-ring (bicyclic) bond motifs is 1. The van der Waals surface area contributed by atoms with E-state index in [9.17, 15) is 0 Å². The number of hydrogen-bond acceptors (Lipinski definition) is 5. The Morgan fingerprint density at radius 1 is 1.03 bits per heavy atom. The van der Waals surface area contributed by atoms with Gasteiger partial charge in [-0.15, -0.1) is 0 Å². The number of para-hydroxylation sites is 2. The first kappa shape index (κ1) is 22.0. The van der Waals surface area contributed by atoms with Crippen LogP contribution < -0.4 is 14.4 Å². The zero-order valence-corrected chi connectivity index (χ0v) is 19.1. The molecule has 0 saturated carbocycles. The Kier molecular flexibility index (Phi) is 7.36. The van der Waals surface area contributed by atoms with Gasteiger partial charge in [0.25, 0.3) is 0 Å². The van der Waals surface area contributed by atoms with Crippen LogP contribution in [-0.2, 0) is 4.74 Å². The molecule has 0 bridgehead atoms. The van der Waals surface area contributed by atoms with Crippen molar-refractivity contribution in [1.82, 2.24) is 4.90 Å². The Bertz CT molecular complexity index is 835. The van der Waals surface area contributed by atoms with Gasteiger partial charge in [-0.3, -0.25) is 4.90 Å². The van der Waals surface area contributed by atoms with Crippen LogP contribution in [0.4, 0.5) is 5.69 Å². The molecule has 2 aliphatic rings. The van der Waals surface area contributed by atoms with Crippen LogP contribution in [0.25, 0.3) is 0 Å². The number of likely N-dealkylation sites (tertiary alicyclic amines) is 1. The van der Waals surface area contributed by atoms with Gasteiger partial charge in [0.1, 0.15) is 18.1 Å². The molecule has 5 nitrogen and oxygen atoms in total. The SMILES string of the molecule is COc1cccc(C2COc3ccccc3N2CC(COCC(C)C)N2CCCC2)c1. The largest absolute Gasteiger partial charge is 0.497 e. The lowest BCUT2D eigenvalue weighted by molar-refractivity contribution is 0.0553. The van der Waals surface area contributed by atoms with Crippen molar-refractivity contribution >= 4 is 5.69 Å². The number of anilines is 1. The van der Waals surface area contributed by atoms with Crippen LogP contribution in [0, 0.1) is 5.92 Å². The third kappa shape index (κ3) is 5.34. The van der Waals surface area contributed by atoms with E-state index in [1.165, 1.54) is 18.4 Å². The molecule has 0 radical (unpaired) electrons. The summed E-state index contributed by atoms with van der Waals surface area (Å²) >= 11 is 0. The molecule has 168 valence electrons. The topological polar surface area (TPSA) is 34.2 Å². The molecule has 4 rings (SSSR count). The molecule has 1 saturated heterocycles. The summed E-state index contributed by atoms with van der Waals surface area (Å²) in [5, 5.41) is 0. The summed E-state index contributed by atoms with van der Waals surface area (Å²) in [5.74, 6) is 2.39. The fraction of sp³-hybridized carbons (Fsp3) is 0.538. The molecule has 1 fully saturated rings.